The van der Waals surface area contributed by atoms with E-state index in [0.717, 1.165) is 4.31 Å². The summed E-state index contributed by atoms with van der Waals surface area (Å²) in [5.74, 6) is 0.205. The number of aliphatic imine (C=N–C) groups is 1. The summed E-state index contributed by atoms with van der Waals surface area (Å²) in [6.07, 6.45) is -0.434. The van der Waals surface area contributed by atoms with Crippen LogP contribution in [0.15, 0.2) is 23.2 Å². The third-order valence-corrected chi connectivity index (χ3v) is 6.20. The number of nitrogen functional groups attached to an aromatic ring is 1. The van der Waals surface area contributed by atoms with Gasteiger partial charge in [-0.15, -0.1) is 0 Å². The van der Waals surface area contributed by atoms with Gasteiger partial charge in [-0.05, 0) is 39.0 Å². The molecule has 0 unspecified atom stereocenters. The lowest BCUT2D eigenvalue weighted by molar-refractivity contribution is 0.0558. The van der Waals surface area contributed by atoms with Gasteiger partial charge in [0.2, 0.25) is 16.0 Å². The van der Waals surface area contributed by atoms with Crippen molar-refractivity contribution in [3.05, 3.63) is 23.8 Å². The SMILES string of the molecule is CN1C(NC(=O)OC(C)(C)C)=N[C@@]2(CCOc3ccc(N)cc32)CS1(=O)=O. The van der Waals surface area contributed by atoms with Crippen LogP contribution in [0, 0.1) is 0 Å². The average Bonchev–Trinajstić information content (AvgIpc) is 2.51. The number of benzene rings is 1. The number of sulfonamides is 1. The fourth-order valence-electron chi connectivity index (χ4n) is 3.10. The molecule has 1 spiro atoms. The van der Waals surface area contributed by atoms with Gasteiger partial charge in [0.05, 0.1) is 12.4 Å². The van der Waals surface area contributed by atoms with Gasteiger partial charge in [-0.25, -0.2) is 22.5 Å². The summed E-state index contributed by atoms with van der Waals surface area (Å²) < 4.78 is 37.4. The first kappa shape index (κ1) is 19.3. The number of guanidine groups is 1. The Bertz CT molecular complexity index is 906. The zero-order valence-electron chi connectivity index (χ0n) is 15.8. The van der Waals surface area contributed by atoms with E-state index in [1.807, 2.05) is 0 Å². The number of anilines is 1. The highest BCUT2D eigenvalue weighted by Crippen LogP contribution is 2.44. The molecule has 1 amide bonds. The van der Waals surface area contributed by atoms with Crippen LogP contribution in [0.1, 0.15) is 32.8 Å². The Labute approximate surface area is 158 Å². The van der Waals surface area contributed by atoms with Gasteiger partial charge in [-0.3, -0.25) is 5.32 Å². The maximum Gasteiger partial charge on any atom is 0.414 e. The Morgan fingerprint density at radius 1 is 1.41 bits per heavy atom. The van der Waals surface area contributed by atoms with E-state index < -0.39 is 27.3 Å². The minimum absolute atomic E-state index is 0.0919. The smallest absolute Gasteiger partial charge is 0.414 e. The van der Waals surface area contributed by atoms with Gasteiger partial charge < -0.3 is 15.2 Å². The highest BCUT2D eigenvalue weighted by Gasteiger charge is 2.47. The quantitative estimate of drug-likeness (QED) is 0.639. The second-order valence-corrected chi connectivity index (χ2v) is 9.67. The molecular weight excluding hydrogens is 372 g/mol. The minimum Gasteiger partial charge on any atom is -0.493 e. The Balaban J connectivity index is 2.06. The number of nitrogens with one attached hydrogen (secondary N) is 1. The van der Waals surface area contributed by atoms with Crippen molar-refractivity contribution in [2.75, 3.05) is 25.1 Å². The van der Waals surface area contributed by atoms with E-state index in [2.05, 4.69) is 10.3 Å². The summed E-state index contributed by atoms with van der Waals surface area (Å²) in [5.41, 5.74) is 5.16. The molecule has 3 N–H and O–H groups in total. The Morgan fingerprint density at radius 2 is 2.11 bits per heavy atom. The van der Waals surface area contributed by atoms with Crippen LogP contribution < -0.4 is 15.8 Å². The van der Waals surface area contributed by atoms with Crippen LogP contribution in [0.3, 0.4) is 0 Å². The molecule has 2 aliphatic rings. The molecule has 1 aromatic carbocycles. The second-order valence-electron chi connectivity index (χ2n) is 7.67. The van der Waals surface area contributed by atoms with Gasteiger partial charge in [-0.2, -0.15) is 0 Å². The number of nitrogens with zero attached hydrogens (tertiary/aromatic N) is 2. The minimum atomic E-state index is -3.73. The first-order chi connectivity index (χ1) is 12.4. The molecule has 148 valence electrons. The van der Waals surface area contributed by atoms with E-state index in [1.165, 1.54) is 7.05 Å². The van der Waals surface area contributed by atoms with E-state index >= 15 is 0 Å². The fraction of sp³-hybridized carbons (Fsp3) is 0.529. The monoisotopic (exact) mass is 396 g/mol. The van der Waals surface area contributed by atoms with Crippen LogP contribution in [-0.4, -0.2) is 49.8 Å². The van der Waals surface area contributed by atoms with Crippen LogP contribution in [0.4, 0.5) is 10.5 Å². The summed E-state index contributed by atoms with van der Waals surface area (Å²) in [7, 11) is -2.38. The van der Waals surface area contributed by atoms with Crippen LogP contribution in [0.2, 0.25) is 0 Å². The van der Waals surface area contributed by atoms with Gasteiger partial charge in [0.25, 0.3) is 0 Å². The standard InChI is InChI=1S/C17H24N4O5S/c1-16(2,3)26-15(22)19-14-20-17(10-27(23,24)21(14)4)7-8-25-13-6-5-11(18)9-12(13)17/h5-6,9H,7-8,10,18H2,1-4H3,(H,19,20,22)/t17-/m0/s1. The molecule has 1 aromatic rings. The van der Waals surface area contributed by atoms with Crippen molar-refractivity contribution in [3.8, 4) is 5.75 Å². The Hall–Kier alpha value is -2.49. The third-order valence-electron chi connectivity index (χ3n) is 4.35. The molecule has 1 atom stereocenters. The largest absolute Gasteiger partial charge is 0.493 e. The van der Waals surface area contributed by atoms with Crippen LogP contribution >= 0.6 is 0 Å². The van der Waals surface area contributed by atoms with E-state index in [9.17, 15) is 13.2 Å². The van der Waals surface area contributed by atoms with Crippen LogP contribution in [0.5, 0.6) is 5.75 Å². The number of hydrogen-bond acceptors (Lipinski definition) is 7. The molecule has 0 saturated carbocycles. The third kappa shape index (κ3) is 3.80. The molecule has 0 aromatic heterocycles. The molecule has 3 rings (SSSR count). The lowest BCUT2D eigenvalue weighted by Crippen LogP contribution is -2.55. The molecule has 0 aliphatic carbocycles. The van der Waals surface area contributed by atoms with E-state index in [1.54, 1.807) is 39.0 Å². The predicted molar refractivity (Wildman–Crippen MR) is 101 cm³/mol. The molecule has 2 aliphatic heterocycles. The van der Waals surface area contributed by atoms with Gasteiger partial charge >= 0.3 is 6.09 Å². The second kappa shape index (κ2) is 6.29. The van der Waals surface area contributed by atoms with Crippen molar-refractivity contribution in [2.24, 2.45) is 4.99 Å². The fourth-order valence-corrected chi connectivity index (χ4v) is 4.62. The van der Waals surface area contributed by atoms with Gasteiger partial charge in [0, 0.05) is 24.7 Å². The number of nitrogens with two attached hydrogens (primary N) is 1. The van der Waals surface area contributed by atoms with Gasteiger partial charge in [0.1, 0.15) is 16.9 Å². The molecule has 27 heavy (non-hydrogen) atoms. The summed E-state index contributed by atoms with van der Waals surface area (Å²) in [5, 5.41) is 2.46. The number of ether oxygens (including phenoxy) is 2. The van der Waals surface area contributed by atoms with Crippen molar-refractivity contribution in [3.63, 3.8) is 0 Å². The molecule has 9 nitrogen and oxygen atoms in total. The maximum absolute atomic E-state index is 12.8. The van der Waals surface area contributed by atoms with Gasteiger partial charge in [0.15, 0.2) is 0 Å². The number of amides is 1. The van der Waals surface area contributed by atoms with E-state index in [4.69, 9.17) is 15.2 Å². The van der Waals surface area contributed by atoms with E-state index in [0.29, 0.717) is 30.0 Å². The van der Waals surface area contributed by atoms with Crippen molar-refractivity contribution >= 4 is 27.8 Å². The molecule has 10 heteroatoms. The lowest BCUT2D eigenvalue weighted by Gasteiger charge is -2.41. The van der Waals surface area contributed by atoms with Crippen molar-refractivity contribution in [1.82, 2.24) is 9.62 Å². The van der Waals surface area contributed by atoms with Crippen molar-refractivity contribution in [2.45, 2.75) is 38.3 Å². The number of hydrogen-bond donors (Lipinski definition) is 2. The number of carbonyl (C=O) groups excluding carboxylic acids is 1. The van der Waals surface area contributed by atoms with Crippen LogP contribution in [-0.2, 0) is 20.3 Å². The van der Waals surface area contributed by atoms with Crippen molar-refractivity contribution < 1.29 is 22.7 Å². The first-order valence-corrected chi connectivity index (χ1v) is 10.1. The molecule has 2 heterocycles. The highest BCUT2D eigenvalue weighted by molar-refractivity contribution is 7.89. The summed E-state index contributed by atoms with van der Waals surface area (Å²) >= 11 is 0. The topological polar surface area (TPSA) is 123 Å². The summed E-state index contributed by atoms with van der Waals surface area (Å²) in [6.45, 7) is 5.46. The number of carbonyl (C=O) groups is 1. The molecule has 0 bridgehead atoms. The number of fused-ring (bicyclic) bond motifs is 2. The van der Waals surface area contributed by atoms with Gasteiger partial charge in [-0.1, -0.05) is 0 Å². The zero-order chi connectivity index (χ0) is 20.0. The molecular formula is C17H24N4O5S. The Kier molecular flexibility index (Phi) is 4.49. The average molecular weight is 396 g/mol. The zero-order valence-corrected chi connectivity index (χ0v) is 16.6. The van der Waals surface area contributed by atoms with Crippen LogP contribution in [0.25, 0.3) is 0 Å². The highest BCUT2D eigenvalue weighted by atomic mass is 32.2. The Morgan fingerprint density at radius 3 is 2.78 bits per heavy atom. The molecule has 0 radical (unpaired) electrons. The molecule has 0 saturated heterocycles. The first-order valence-electron chi connectivity index (χ1n) is 8.51. The predicted octanol–water partition coefficient (Wildman–Crippen LogP) is 1.40. The lowest BCUT2D eigenvalue weighted by atomic mass is 9.86. The normalized spacial score (nSPS) is 23.9. The molecule has 0 fully saturated rings. The summed E-state index contributed by atoms with van der Waals surface area (Å²) in [6, 6.07) is 5.06. The number of alkyl carbamates (subject to hydrolysis) is 1. The van der Waals surface area contributed by atoms with E-state index in [-0.39, 0.29) is 11.7 Å². The summed E-state index contributed by atoms with van der Waals surface area (Å²) in [4.78, 5) is 16.8. The maximum atomic E-state index is 12.8. The number of rotatable bonds is 0. The van der Waals surface area contributed by atoms with Crippen molar-refractivity contribution in [1.29, 1.82) is 0 Å².